The van der Waals surface area contributed by atoms with Gasteiger partial charge in [-0.15, -0.1) is 0 Å². The van der Waals surface area contributed by atoms with Crippen molar-refractivity contribution in [2.75, 3.05) is 0 Å². The van der Waals surface area contributed by atoms with Crippen LogP contribution in [0.15, 0.2) is 413 Å². The van der Waals surface area contributed by atoms with E-state index in [1.165, 1.54) is 175 Å². The van der Waals surface area contributed by atoms with E-state index in [4.69, 9.17) is 9.97 Å². The predicted molar refractivity (Wildman–Crippen MR) is 499 cm³/mol. The lowest BCUT2D eigenvalue weighted by Gasteiger charge is -2.21. The van der Waals surface area contributed by atoms with E-state index in [1.54, 1.807) is 0 Å². The van der Waals surface area contributed by atoms with Crippen molar-refractivity contribution in [2.24, 2.45) is 0 Å². The summed E-state index contributed by atoms with van der Waals surface area (Å²) in [5.41, 5.74) is 26.8. The Morgan fingerprint density at radius 3 is 1.10 bits per heavy atom. The van der Waals surface area contributed by atoms with Crippen molar-refractivity contribution < 1.29 is 0 Å². The maximum absolute atomic E-state index is 5.33. The molecule has 2 heterocycles. The SMILES string of the molecule is C1=CC(c2nc3ccccc3n2-c2ccc(-c3ccc4c(-c5ccc6ccccc6c5)c5ccccc5c(-c5ccc6cc(-c7ccc8cc(-c9c%10ccccc%10c(-c%10ccc%11ccccc%11c%10)c%10cc(-c%11ccc%12cc(-n%13c(-c%14ccccc%14)nc%14ccccc%14%13)ccc%12c%11)ccc9%10)ccc8c7)ccc6c5)c4c3)cc2)Cc2ccccc21. The Balaban J connectivity index is 0.586. The van der Waals surface area contributed by atoms with Crippen LogP contribution in [0.25, 0.3) is 226 Å². The van der Waals surface area contributed by atoms with Crippen LogP contribution in [0, 0.1) is 0 Å². The summed E-state index contributed by atoms with van der Waals surface area (Å²) in [6.45, 7) is 0. The highest BCUT2D eigenvalue weighted by Gasteiger charge is 2.26. The Morgan fingerprint density at radius 2 is 0.568 bits per heavy atom. The minimum absolute atomic E-state index is 0.138. The normalized spacial score (nSPS) is 12.9. The standard InChI is InChI=1S/C114H72N4/c1-2-21-75(22-3-1)113-115-106-31-15-17-33-108(106)118(113)96-57-52-86-62-83(41-42-87(86)68-96)89-54-59-102-104(70-89)111(92-46-35-72-19-5-8-24-77(72)64-92)99-28-12-11-27-98(99)110(102)91-47-43-81-60-79(37-39-84(81)65-91)80-38-40-85-66-93(48-44-82(85)61-80)112-100-29-13-10-26-97(100)109(90-45-34-71-18-4-7-23-76(71)63-90)101-58-53-88(69-103(101)112)74-50-55-95(56-51-74)117-107-32-16-14-30-105(107)116-114(117)94-49-36-73-20-6-9-25-78(73)67-94/h1-66,68-70,94H,67H2. The van der Waals surface area contributed by atoms with Crippen molar-refractivity contribution in [1.82, 2.24) is 19.1 Å². The number of hydrogen-bond acceptors (Lipinski definition) is 2. The average Bonchev–Trinajstić information content (AvgIpc) is 1.00. The van der Waals surface area contributed by atoms with Gasteiger partial charge in [-0.05, 0) is 296 Å². The number of fused-ring (bicyclic) bond motifs is 12. The fourth-order valence-corrected chi connectivity index (χ4v) is 19.4. The third kappa shape index (κ3) is 11.2. The minimum Gasteiger partial charge on any atom is -0.296 e. The highest BCUT2D eigenvalue weighted by Crippen LogP contribution is 2.50. The fourth-order valence-electron chi connectivity index (χ4n) is 19.4. The number of allylic oxidation sites excluding steroid dienone is 1. The summed E-state index contributed by atoms with van der Waals surface area (Å²) in [5.74, 6) is 2.12. The Bertz CT molecular complexity index is 8160. The van der Waals surface area contributed by atoms with Crippen molar-refractivity contribution in [3.05, 3.63) is 429 Å². The van der Waals surface area contributed by atoms with Crippen LogP contribution in [0.3, 0.4) is 0 Å². The first kappa shape index (κ1) is 67.2. The van der Waals surface area contributed by atoms with Gasteiger partial charge < -0.3 is 0 Å². The summed E-state index contributed by atoms with van der Waals surface area (Å²) in [7, 11) is 0. The Morgan fingerprint density at radius 1 is 0.220 bits per heavy atom. The highest BCUT2D eigenvalue weighted by atomic mass is 15.1. The third-order valence-corrected chi connectivity index (χ3v) is 25.1. The van der Waals surface area contributed by atoms with Gasteiger partial charge in [0.15, 0.2) is 0 Å². The van der Waals surface area contributed by atoms with E-state index < -0.39 is 0 Å². The zero-order valence-corrected chi connectivity index (χ0v) is 64.4. The van der Waals surface area contributed by atoms with Crippen molar-refractivity contribution in [1.29, 1.82) is 0 Å². The summed E-state index contributed by atoms with van der Waals surface area (Å²) < 4.78 is 4.67. The molecule has 0 saturated heterocycles. The van der Waals surface area contributed by atoms with E-state index >= 15 is 0 Å². The molecule has 0 spiro atoms. The summed E-state index contributed by atoms with van der Waals surface area (Å²) in [5, 5.41) is 21.8. The molecule has 1 atom stereocenters. The maximum Gasteiger partial charge on any atom is 0.145 e. The second-order valence-corrected chi connectivity index (χ2v) is 31.9. The Kier molecular flexibility index (Phi) is 15.5. The van der Waals surface area contributed by atoms with Crippen LogP contribution >= 0.6 is 0 Å². The van der Waals surface area contributed by atoms with Crippen molar-refractivity contribution in [2.45, 2.75) is 12.3 Å². The van der Waals surface area contributed by atoms with Crippen LogP contribution in [0.2, 0.25) is 0 Å². The van der Waals surface area contributed by atoms with E-state index in [2.05, 4.69) is 428 Å². The number of nitrogens with zero attached hydrogens (tertiary/aromatic N) is 4. The average molecular weight is 1500 g/mol. The minimum atomic E-state index is 0.138. The number of rotatable bonds is 11. The summed E-state index contributed by atoms with van der Waals surface area (Å²) in [6.07, 6.45) is 5.51. The van der Waals surface area contributed by atoms with Crippen LogP contribution < -0.4 is 0 Å². The molecule has 0 aliphatic heterocycles. The molecule has 0 saturated carbocycles. The van der Waals surface area contributed by atoms with E-state index in [0.717, 1.165) is 68.2 Å². The molecule has 0 N–H and O–H groups in total. The second-order valence-electron chi connectivity index (χ2n) is 31.9. The van der Waals surface area contributed by atoms with Crippen LogP contribution in [-0.2, 0) is 6.42 Å². The molecule has 2 aromatic heterocycles. The lowest BCUT2D eigenvalue weighted by atomic mass is 9.84. The van der Waals surface area contributed by atoms with Crippen molar-refractivity contribution in [3.63, 3.8) is 0 Å². The molecule has 118 heavy (non-hydrogen) atoms. The van der Waals surface area contributed by atoms with Gasteiger partial charge in [-0.2, -0.15) is 0 Å². The van der Waals surface area contributed by atoms with E-state index in [9.17, 15) is 0 Å². The van der Waals surface area contributed by atoms with Crippen LogP contribution in [-0.4, -0.2) is 19.1 Å². The number of benzene rings is 21. The van der Waals surface area contributed by atoms with Gasteiger partial charge in [0, 0.05) is 22.9 Å². The highest BCUT2D eigenvalue weighted by molar-refractivity contribution is 6.25. The number of hydrogen-bond donors (Lipinski definition) is 0. The number of imidazole rings is 2. The molecule has 21 aromatic carbocycles. The first-order valence-electron chi connectivity index (χ1n) is 40.9. The van der Waals surface area contributed by atoms with Gasteiger partial charge in [0.2, 0.25) is 0 Å². The van der Waals surface area contributed by atoms with Crippen molar-refractivity contribution in [3.8, 4) is 101 Å². The molecule has 4 heteroatoms. The van der Waals surface area contributed by atoms with Crippen LogP contribution in [0.5, 0.6) is 0 Å². The quantitative estimate of drug-likeness (QED) is 0.121. The van der Waals surface area contributed by atoms with Gasteiger partial charge in [0.05, 0.1) is 22.1 Å². The summed E-state index contributed by atoms with van der Waals surface area (Å²) >= 11 is 0. The molecule has 0 radical (unpaired) electrons. The largest absolute Gasteiger partial charge is 0.296 e. The summed E-state index contributed by atoms with van der Waals surface area (Å²) in [4.78, 5) is 10.5. The molecule has 1 unspecified atom stereocenters. The Labute approximate surface area is 682 Å². The van der Waals surface area contributed by atoms with Gasteiger partial charge in [0.1, 0.15) is 11.6 Å². The molecule has 0 amide bonds. The molecular weight excluding hydrogens is 1430 g/mol. The smallest absolute Gasteiger partial charge is 0.145 e. The van der Waals surface area contributed by atoms with Crippen LogP contribution in [0.1, 0.15) is 22.9 Å². The lowest BCUT2D eigenvalue weighted by Crippen LogP contribution is -2.11. The van der Waals surface area contributed by atoms with Gasteiger partial charge in [-0.3, -0.25) is 9.13 Å². The molecule has 1 aliphatic rings. The first-order chi connectivity index (χ1) is 58.4. The molecule has 24 rings (SSSR count). The van der Waals surface area contributed by atoms with E-state index in [0.29, 0.717) is 0 Å². The molecule has 548 valence electrons. The number of para-hydroxylation sites is 4. The zero-order chi connectivity index (χ0) is 77.5. The fraction of sp³-hybridized carbons (Fsp3) is 0.0175. The summed E-state index contributed by atoms with van der Waals surface area (Å²) in [6, 6.07) is 151. The predicted octanol–water partition coefficient (Wildman–Crippen LogP) is 30.4. The molecule has 23 aromatic rings. The molecular formula is C114H72N4. The van der Waals surface area contributed by atoms with Gasteiger partial charge >= 0.3 is 0 Å². The Hall–Kier alpha value is -15.4. The first-order valence-corrected chi connectivity index (χ1v) is 40.9. The van der Waals surface area contributed by atoms with Crippen molar-refractivity contribution >= 4 is 125 Å². The topological polar surface area (TPSA) is 35.6 Å². The van der Waals surface area contributed by atoms with Gasteiger partial charge in [0.25, 0.3) is 0 Å². The van der Waals surface area contributed by atoms with Gasteiger partial charge in [-0.25, -0.2) is 9.97 Å². The third-order valence-electron chi connectivity index (χ3n) is 25.1. The maximum atomic E-state index is 5.33. The zero-order valence-electron chi connectivity index (χ0n) is 64.4. The van der Waals surface area contributed by atoms with Crippen LogP contribution in [0.4, 0.5) is 0 Å². The monoisotopic (exact) mass is 1500 g/mol. The second kappa shape index (κ2) is 27.2. The molecule has 0 bridgehead atoms. The van der Waals surface area contributed by atoms with Gasteiger partial charge in [-0.1, -0.05) is 315 Å². The molecule has 0 fully saturated rings. The molecule has 4 nitrogen and oxygen atoms in total. The van der Waals surface area contributed by atoms with E-state index in [-0.39, 0.29) is 5.92 Å². The lowest BCUT2D eigenvalue weighted by molar-refractivity contribution is 0.743. The van der Waals surface area contributed by atoms with E-state index in [1.807, 2.05) is 0 Å². The molecule has 1 aliphatic carbocycles. The number of aromatic nitrogens is 4.